The maximum absolute atomic E-state index is 11.7. The number of rotatable bonds is 5. The van der Waals surface area contributed by atoms with Gasteiger partial charge in [-0.05, 0) is 34.1 Å². The van der Waals surface area contributed by atoms with Crippen LogP contribution in [0.4, 0.5) is 5.69 Å². The predicted molar refractivity (Wildman–Crippen MR) is 72.0 cm³/mol. The normalized spacial score (nSPS) is 11.7. The van der Waals surface area contributed by atoms with Gasteiger partial charge in [0, 0.05) is 18.1 Å². The molecule has 0 aliphatic heterocycles. The van der Waals surface area contributed by atoms with E-state index in [2.05, 4.69) is 21.2 Å². The highest BCUT2D eigenvalue weighted by atomic mass is 79.9. The van der Waals surface area contributed by atoms with E-state index >= 15 is 0 Å². The van der Waals surface area contributed by atoms with E-state index in [4.69, 9.17) is 15.7 Å². The number of methoxy groups -OCH3 is 1. The molecular weight excluding hydrogens is 298 g/mol. The molecule has 0 radical (unpaired) electrons. The number of benzene rings is 1. The number of hydrogen-bond acceptors (Lipinski definition) is 4. The fourth-order valence-electron chi connectivity index (χ4n) is 1.36. The number of anilines is 1. The van der Waals surface area contributed by atoms with Crippen LogP contribution in [0.3, 0.4) is 0 Å². The highest BCUT2D eigenvalue weighted by Crippen LogP contribution is 2.23. The van der Waals surface area contributed by atoms with Gasteiger partial charge in [-0.1, -0.05) is 0 Å². The van der Waals surface area contributed by atoms with Crippen molar-refractivity contribution in [3.63, 3.8) is 0 Å². The zero-order valence-corrected chi connectivity index (χ0v) is 11.5. The lowest BCUT2D eigenvalue weighted by atomic mass is 10.2. The number of nitrogens with zero attached hydrogens (tertiary/aromatic N) is 1. The molecule has 0 spiro atoms. The van der Waals surface area contributed by atoms with Crippen molar-refractivity contribution in [2.24, 2.45) is 5.73 Å². The second-order valence-corrected chi connectivity index (χ2v) is 4.51. The fraction of sp³-hybridized carbons (Fsp3) is 0.333. The summed E-state index contributed by atoms with van der Waals surface area (Å²) in [6.45, 7) is 0.290. The van der Waals surface area contributed by atoms with Crippen LogP contribution in [0.1, 0.15) is 12.0 Å². The summed E-state index contributed by atoms with van der Waals surface area (Å²) in [5.74, 6) is -0.183. The van der Waals surface area contributed by atoms with Gasteiger partial charge in [0.05, 0.1) is 29.8 Å². The third-order valence-electron chi connectivity index (χ3n) is 2.38. The van der Waals surface area contributed by atoms with Crippen molar-refractivity contribution in [3.8, 4) is 6.07 Å². The Balaban J connectivity index is 2.68. The van der Waals surface area contributed by atoms with Crippen molar-refractivity contribution >= 4 is 27.5 Å². The van der Waals surface area contributed by atoms with Crippen LogP contribution in [-0.2, 0) is 9.53 Å². The topological polar surface area (TPSA) is 88.1 Å². The smallest absolute Gasteiger partial charge is 0.227 e. The molecule has 1 atom stereocenters. The summed E-state index contributed by atoms with van der Waals surface area (Å²) < 4.78 is 5.70. The Kier molecular flexibility index (Phi) is 5.78. The van der Waals surface area contributed by atoms with Gasteiger partial charge in [0.1, 0.15) is 0 Å². The van der Waals surface area contributed by atoms with E-state index in [1.807, 2.05) is 6.07 Å². The Labute approximate surface area is 114 Å². The van der Waals surface area contributed by atoms with E-state index in [9.17, 15) is 4.79 Å². The summed E-state index contributed by atoms with van der Waals surface area (Å²) in [5, 5.41) is 11.5. The van der Waals surface area contributed by atoms with E-state index in [0.717, 1.165) is 0 Å². The molecule has 18 heavy (non-hydrogen) atoms. The Morgan fingerprint density at radius 3 is 2.89 bits per heavy atom. The fourth-order valence-corrected chi connectivity index (χ4v) is 1.83. The number of nitrogens with one attached hydrogen (secondary N) is 1. The van der Waals surface area contributed by atoms with Gasteiger partial charge < -0.3 is 15.8 Å². The van der Waals surface area contributed by atoms with Gasteiger partial charge in [-0.25, -0.2) is 0 Å². The van der Waals surface area contributed by atoms with Crippen molar-refractivity contribution in [1.82, 2.24) is 0 Å². The molecular formula is C12H14BrN3O2. The average Bonchev–Trinajstić information content (AvgIpc) is 2.38. The van der Waals surface area contributed by atoms with E-state index in [-0.39, 0.29) is 18.4 Å². The SMILES string of the molecule is COC(CN)CC(=O)Nc1ccc(C#N)cc1Br. The highest BCUT2D eigenvalue weighted by Gasteiger charge is 2.12. The number of ether oxygens (including phenoxy) is 1. The van der Waals surface area contributed by atoms with Crippen LogP contribution in [0.5, 0.6) is 0 Å². The lowest BCUT2D eigenvalue weighted by molar-refractivity contribution is -0.118. The molecule has 0 saturated carbocycles. The summed E-state index contributed by atoms with van der Waals surface area (Å²) >= 11 is 3.30. The standard InChI is InChI=1S/C12H14BrN3O2/c1-18-9(7-15)5-12(17)16-11-3-2-8(6-14)4-10(11)13/h2-4,9H,5,7,15H2,1H3,(H,16,17). The minimum absolute atomic E-state index is 0.183. The third-order valence-corrected chi connectivity index (χ3v) is 3.04. The first-order valence-electron chi connectivity index (χ1n) is 5.33. The summed E-state index contributed by atoms with van der Waals surface area (Å²) in [7, 11) is 1.52. The second-order valence-electron chi connectivity index (χ2n) is 3.65. The molecule has 0 aliphatic rings. The lowest BCUT2D eigenvalue weighted by Crippen LogP contribution is -2.28. The van der Waals surface area contributed by atoms with Gasteiger partial charge in [-0.15, -0.1) is 0 Å². The molecule has 1 amide bonds. The summed E-state index contributed by atoms with van der Waals surface area (Å²) in [4.78, 5) is 11.7. The van der Waals surface area contributed by atoms with Crippen LogP contribution in [0.15, 0.2) is 22.7 Å². The van der Waals surface area contributed by atoms with Gasteiger partial charge in [0.25, 0.3) is 0 Å². The Hall–Kier alpha value is -1.42. The van der Waals surface area contributed by atoms with Gasteiger partial charge in [-0.3, -0.25) is 4.79 Å². The second kappa shape index (κ2) is 7.11. The summed E-state index contributed by atoms with van der Waals surface area (Å²) in [6.07, 6.45) is -0.0958. The van der Waals surface area contributed by atoms with E-state index in [1.54, 1.807) is 18.2 Å². The molecule has 96 valence electrons. The third kappa shape index (κ3) is 4.11. The molecule has 1 rings (SSSR count). The molecule has 0 aliphatic carbocycles. The van der Waals surface area contributed by atoms with E-state index < -0.39 is 0 Å². The van der Waals surface area contributed by atoms with Crippen molar-refractivity contribution in [2.45, 2.75) is 12.5 Å². The number of hydrogen-bond donors (Lipinski definition) is 2. The molecule has 0 fully saturated rings. The quantitative estimate of drug-likeness (QED) is 0.865. The van der Waals surface area contributed by atoms with Crippen LogP contribution < -0.4 is 11.1 Å². The van der Waals surface area contributed by atoms with Crippen LogP contribution in [0.2, 0.25) is 0 Å². The molecule has 1 aromatic rings. The molecule has 0 saturated heterocycles. The zero-order chi connectivity index (χ0) is 13.5. The van der Waals surface area contributed by atoms with Gasteiger partial charge in [0.15, 0.2) is 0 Å². The molecule has 0 heterocycles. The summed E-state index contributed by atoms with van der Waals surface area (Å²) in [6, 6.07) is 6.97. The number of nitrogens with two attached hydrogens (primary N) is 1. The Bertz CT molecular complexity index is 467. The first kappa shape index (κ1) is 14.6. The summed E-state index contributed by atoms with van der Waals surface area (Å²) in [5.41, 5.74) is 6.58. The number of carbonyl (C=O) groups is 1. The maximum Gasteiger partial charge on any atom is 0.227 e. The van der Waals surface area contributed by atoms with Gasteiger partial charge in [-0.2, -0.15) is 5.26 Å². The minimum atomic E-state index is -0.290. The van der Waals surface area contributed by atoms with Gasteiger partial charge >= 0.3 is 0 Å². The molecule has 3 N–H and O–H groups in total. The monoisotopic (exact) mass is 311 g/mol. The lowest BCUT2D eigenvalue weighted by Gasteiger charge is -2.13. The number of halogens is 1. The molecule has 1 aromatic carbocycles. The number of nitriles is 1. The molecule has 5 nitrogen and oxygen atoms in total. The first-order chi connectivity index (χ1) is 8.60. The molecule has 6 heteroatoms. The van der Waals surface area contributed by atoms with Crippen LogP contribution >= 0.6 is 15.9 Å². The number of amides is 1. The zero-order valence-electron chi connectivity index (χ0n) is 9.94. The average molecular weight is 312 g/mol. The Morgan fingerprint density at radius 1 is 1.67 bits per heavy atom. The van der Waals surface area contributed by atoms with Crippen LogP contribution in [0.25, 0.3) is 0 Å². The Morgan fingerprint density at radius 2 is 2.39 bits per heavy atom. The minimum Gasteiger partial charge on any atom is -0.380 e. The predicted octanol–water partition coefficient (Wildman–Crippen LogP) is 1.62. The van der Waals surface area contributed by atoms with E-state index in [0.29, 0.717) is 22.3 Å². The first-order valence-corrected chi connectivity index (χ1v) is 6.12. The van der Waals surface area contributed by atoms with Crippen molar-refractivity contribution < 1.29 is 9.53 Å². The van der Waals surface area contributed by atoms with Crippen molar-refractivity contribution in [1.29, 1.82) is 5.26 Å². The maximum atomic E-state index is 11.7. The van der Waals surface area contributed by atoms with E-state index in [1.165, 1.54) is 7.11 Å². The van der Waals surface area contributed by atoms with Crippen LogP contribution in [0, 0.1) is 11.3 Å². The number of carbonyl (C=O) groups excluding carboxylic acids is 1. The van der Waals surface area contributed by atoms with Crippen molar-refractivity contribution in [2.75, 3.05) is 19.0 Å². The van der Waals surface area contributed by atoms with Gasteiger partial charge in [0.2, 0.25) is 5.91 Å². The molecule has 0 aromatic heterocycles. The molecule has 0 bridgehead atoms. The largest absolute Gasteiger partial charge is 0.380 e. The van der Waals surface area contributed by atoms with Crippen LogP contribution in [-0.4, -0.2) is 25.7 Å². The molecule has 1 unspecified atom stereocenters. The van der Waals surface area contributed by atoms with Crippen molar-refractivity contribution in [3.05, 3.63) is 28.2 Å². The highest BCUT2D eigenvalue weighted by molar-refractivity contribution is 9.10.